The van der Waals surface area contributed by atoms with E-state index in [2.05, 4.69) is 10.2 Å². The molecule has 0 spiro atoms. The fourth-order valence-electron chi connectivity index (χ4n) is 2.55. The summed E-state index contributed by atoms with van der Waals surface area (Å²) < 4.78 is 10.6. The van der Waals surface area contributed by atoms with Crippen LogP contribution in [0.15, 0.2) is 24.3 Å². The van der Waals surface area contributed by atoms with E-state index < -0.39 is 0 Å². The Kier molecular flexibility index (Phi) is 2.93. The van der Waals surface area contributed by atoms with Gasteiger partial charge in [0.1, 0.15) is 18.0 Å². The van der Waals surface area contributed by atoms with E-state index in [0.29, 0.717) is 13.2 Å². The smallest absolute Gasteiger partial charge is 0.241 e. The van der Waals surface area contributed by atoms with Crippen molar-refractivity contribution in [3.05, 3.63) is 29.8 Å². The molecular weight excluding hydrogens is 232 g/mol. The molecule has 0 radical (unpaired) electrons. The molecule has 96 valence electrons. The third-order valence-corrected chi connectivity index (χ3v) is 3.49. The standard InChI is InChI=1S/C13H16N2O3/c1-17-10-4-2-3-9(7-10)12-14-13(16)11-8-18-6-5-15(11)12/h2-4,7,11-12H,5-6,8H2,1H3,(H,14,16)/t11-,12+/m0/s1. The Hall–Kier alpha value is -1.59. The van der Waals surface area contributed by atoms with E-state index in [0.717, 1.165) is 17.9 Å². The predicted molar refractivity (Wildman–Crippen MR) is 65.2 cm³/mol. The van der Waals surface area contributed by atoms with Gasteiger partial charge in [0, 0.05) is 6.54 Å². The summed E-state index contributed by atoms with van der Waals surface area (Å²) in [6, 6.07) is 7.65. The molecule has 18 heavy (non-hydrogen) atoms. The predicted octanol–water partition coefficient (Wildman–Crippen LogP) is 0.524. The molecular formula is C13H16N2O3. The highest BCUT2D eigenvalue weighted by atomic mass is 16.5. The van der Waals surface area contributed by atoms with E-state index in [1.165, 1.54) is 0 Å². The summed E-state index contributed by atoms with van der Waals surface area (Å²) in [5.74, 6) is 0.848. The number of nitrogens with zero attached hydrogens (tertiary/aromatic N) is 1. The van der Waals surface area contributed by atoms with Gasteiger partial charge in [-0.3, -0.25) is 9.69 Å². The normalized spacial score (nSPS) is 27.7. The molecule has 2 saturated heterocycles. The van der Waals surface area contributed by atoms with Crippen molar-refractivity contribution in [2.24, 2.45) is 0 Å². The zero-order chi connectivity index (χ0) is 12.5. The van der Waals surface area contributed by atoms with Crippen LogP contribution in [0.1, 0.15) is 11.7 Å². The average molecular weight is 248 g/mol. The minimum atomic E-state index is -0.157. The second kappa shape index (κ2) is 4.59. The van der Waals surface area contributed by atoms with Gasteiger partial charge in [-0.05, 0) is 17.7 Å². The number of methoxy groups -OCH3 is 1. The van der Waals surface area contributed by atoms with Crippen molar-refractivity contribution in [2.75, 3.05) is 26.9 Å². The lowest BCUT2D eigenvalue weighted by Crippen LogP contribution is -2.44. The number of carbonyl (C=O) groups is 1. The van der Waals surface area contributed by atoms with E-state index in [-0.39, 0.29) is 18.1 Å². The summed E-state index contributed by atoms with van der Waals surface area (Å²) in [5, 5.41) is 3.01. The summed E-state index contributed by atoms with van der Waals surface area (Å²) in [6.07, 6.45) is -0.0681. The highest BCUT2D eigenvalue weighted by molar-refractivity contribution is 5.84. The number of nitrogens with one attached hydrogen (secondary N) is 1. The van der Waals surface area contributed by atoms with Crippen LogP contribution in [0, 0.1) is 0 Å². The Balaban J connectivity index is 1.89. The summed E-state index contributed by atoms with van der Waals surface area (Å²) >= 11 is 0. The number of fused-ring (bicyclic) bond motifs is 1. The maximum atomic E-state index is 11.9. The number of hydrogen-bond acceptors (Lipinski definition) is 4. The van der Waals surface area contributed by atoms with Crippen molar-refractivity contribution >= 4 is 5.91 Å². The first kappa shape index (κ1) is 11.5. The van der Waals surface area contributed by atoms with Gasteiger partial charge in [0.25, 0.3) is 0 Å². The largest absolute Gasteiger partial charge is 0.497 e. The third kappa shape index (κ3) is 1.85. The summed E-state index contributed by atoms with van der Waals surface area (Å²) in [6.45, 7) is 1.92. The van der Waals surface area contributed by atoms with Gasteiger partial charge in [0.05, 0.1) is 20.3 Å². The Morgan fingerprint density at radius 2 is 2.39 bits per heavy atom. The second-order valence-electron chi connectivity index (χ2n) is 4.52. The van der Waals surface area contributed by atoms with Crippen LogP contribution in [-0.2, 0) is 9.53 Å². The second-order valence-corrected chi connectivity index (χ2v) is 4.52. The van der Waals surface area contributed by atoms with E-state index in [9.17, 15) is 4.79 Å². The maximum absolute atomic E-state index is 11.9. The molecule has 1 N–H and O–H groups in total. The molecule has 3 rings (SSSR count). The van der Waals surface area contributed by atoms with E-state index in [1.807, 2.05) is 24.3 Å². The summed E-state index contributed by atoms with van der Waals surface area (Å²) in [5.41, 5.74) is 1.05. The lowest BCUT2D eigenvalue weighted by atomic mass is 10.1. The Morgan fingerprint density at radius 3 is 3.22 bits per heavy atom. The first-order valence-corrected chi connectivity index (χ1v) is 6.07. The van der Waals surface area contributed by atoms with E-state index in [4.69, 9.17) is 9.47 Å². The Labute approximate surface area is 106 Å². The van der Waals surface area contributed by atoms with Crippen LogP contribution in [0.4, 0.5) is 0 Å². The van der Waals surface area contributed by atoms with Crippen LogP contribution < -0.4 is 10.1 Å². The van der Waals surface area contributed by atoms with Crippen LogP contribution in [0.25, 0.3) is 0 Å². The molecule has 5 heteroatoms. The van der Waals surface area contributed by atoms with Crippen LogP contribution >= 0.6 is 0 Å². The lowest BCUT2D eigenvalue weighted by molar-refractivity contribution is -0.125. The molecule has 0 bridgehead atoms. The van der Waals surface area contributed by atoms with Crippen molar-refractivity contribution < 1.29 is 14.3 Å². The van der Waals surface area contributed by atoms with Crippen LogP contribution in [-0.4, -0.2) is 43.7 Å². The van der Waals surface area contributed by atoms with Gasteiger partial charge in [0.2, 0.25) is 5.91 Å². The molecule has 5 nitrogen and oxygen atoms in total. The van der Waals surface area contributed by atoms with Gasteiger partial charge in [-0.1, -0.05) is 12.1 Å². The highest BCUT2D eigenvalue weighted by Crippen LogP contribution is 2.29. The van der Waals surface area contributed by atoms with Gasteiger partial charge in [-0.25, -0.2) is 0 Å². The number of ether oxygens (including phenoxy) is 2. The Morgan fingerprint density at radius 1 is 1.50 bits per heavy atom. The van der Waals surface area contributed by atoms with Gasteiger partial charge >= 0.3 is 0 Å². The fourth-order valence-corrected chi connectivity index (χ4v) is 2.55. The van der Waals surface area contributed by atoms with Crippen LogP contribution in [0.5, 0.6) is 5.75 Å². The quantitative estimate of drug-likeness (QED) is 0.829. The average Bonchev–Trinajstić information content (AvgIpc) is 2.77. The number of morpholine rings is 1. The van der Waals surface area contributed by atoms with Crippen molar-refractivity contribution in [1.29, 1.82) is 0 Å². The number of benzene rings is 1. The number of amides is 1. The summed E-state index contributed by atoms with van der Waals surface area (Å²) in [7, 11) is 1.64. The molecule has 2 heterocycles. The molecule has 1 amide bonds. The minimum Gasteiger partial charge on any atom is -0.497 e. The third-order valence-electron chi connectivity index (χ3n) is 3.49. The Bertz CT molecular complexity index is 463. The van der Waals surface area contributed by atoms with Gasteiger partial charge < -0.3 is 14.8 Å². The van der Waals surface area contributed by atoms with Crippen molar-refractivity contribution in [1.82, 2.24) is 10.2 Å². The van der Waals surface area contributed by atoms with E-state index in [1.54, 1.807) is 7.11 Å². The highest BCUT2D eigenvalue weighted by Gasteiger charge is 2.42. The van der Waals surface area contributed by atoms with Crippen molar-refractivity contribution in [3.8, 4) is 5.75 Å². The monoisotopic (exact) mass is 248 g/mol. The zero-order valence-corrected chi connectivity index (χ0v) is 10.3. The van der Waals surface area contributed by atoms with Gasteiger partial charge in [0.15, 0.2) is 0 Å². The first-order chi connectivity index (χ1) is 8.79. The van der Waals surface area contributed by atoms with Crippen LogP contribution in [0.2, 0.25) is 0 Å². The number of carbonyl (C=O) groups excluding carboxylic acids is 1. The maximum Gasteiger partial charge on any atom is 0.241 e. The molecule has 0 aromatic heterocycles. The number of hydrogen-bond donors (Lipinski definition) is 1. The van der Waals surface area contributed by atoms with Crippen molar-refractivity contribution in [3.63, 3.8) is 0 Å². The molecule has 2 atom stereocenters. The molecule has 2 fully saturated rings. The number of rotatable bonds is 2. The molecule has 1 aromatic rings. The fraction of sp³-hybridized carbons (Fsp3) is 0.462. The molecule has 2 aliphatic rings. The molecule has 0 aliphatic carbocycles. The zero-order valence-electron chi connectivity index (χ0n) is 10.3. The van der Waals surface area contributed by atoms with Crippen LogP contribution in [0.3, 0.4) is 0 Å². The lowest BCUT2D eigenvalue weighted by Gasteiger charge is -2.31. The molecule has 2 aliphatic heterocycles. The molecule has 0 saturated carbocycles. The summed E-state index contributed by atoms with van der Waals surface area (Å²) in [4.78, 5) is 14.0. The molecule has 1 aromatic carbocycles. The topological polar surface area (TPSA) is 50.8 Å². The SMILES string of the molecule is COc1cccc([C@@H]2NC(=O)[C@@H]3COCCN32)c1. The molecule has 0 unspecified atom stereocenters. The van der Waals surface area contributed by atoms with Gasteiger partial charge in [-0.15, -0.1) is 0 Å². The van der Waals surface area contributed by atoms with Gasteiger partial charge in [-0.2, -0.15) is 0 Å². The minimum absolute atomic E-state index is 0.0440. The van der Waals surface area contributed by atoms with Crippen molar-refractivity contribution in [2.45, 2.75) is 12.2 Å². The first-order valence-electron chi connectivity index (χ1n) is 6.07. The van der Waals surface area contributed by atoms with E-state index >= 15 is 0 Å².